The predicted octanol–water partition coefficient (Wildman–Crippen LogP) is 2.62. The Balaban J connectivity index is 2.52. The summed E-state index contributed by atoms with van der Waals surface area (Å²) in [4.78, 5) is 25.5. The monoisotopic (exact) mass is 333 g/mol. The van der Waals surface area contributed by atoms with Gasteiger partial charge in [0.25, 0.3) is 0 Å². The fourth-order valence-electron chi connectivity index (χ4n) is 1.60. The first kappa shape index (κ1) is 15.2. The minimum absolute atomic E-state index is 0.319. The number of hydrogen-bond donors (Lipinski definition) is 1. The van der Waals surface area contributed by atoms with E-state index in [2.05, 4.69) is 15.9 Å². The molecule has 0 aliphatic carbocycles. The number of aliphatic carboxylic acids is 1. The van der Waals surface area contributed by atoms with E-state index in [1.165, 1.54) is 9.78 Å². The average molecular weight is 334 g/mol. The summed E-state index contributed by atoms with van der Waals surface area (Å²) in [6.07, 6.45) is 1.07. The highest BCUT2D eigenvalue weighted by atomic mass is 79.9. The molecular formula is C12H16BrNO3S. The second-order valence-electron chi connectivity index (χ2n) is 4.01. The molecule has 1 atom stereocenters. The summed E-state index contributed by atoms with van der Waals surface area (Å²) in [5, 5.41) is 8.93. The third-order valence-electron chi connectivity index (χ3n) is 2.70. The topological polar surface area (TPSA) is 57.6 Å². The van der Waals surface area contributed by atoms with Crippen LogP contribution in [0, 0.1) is 5.92 Å². The number of carboxylic acid groups (broad SMARTS) is 1. The third kappa shape index (κ3) is 4.10. The molecule has 4 nitrogen and oxygen atoms in total. The van der Waals surface area contributed by atoms with E-state index in [0.717, 1.165) is 10.2 Å². The lowest BCUT2D eigenvalue weighted by molar-refractivity contribution is -0.150. The van der Waals surface area contributed by atoms with Crippen LogP contribution in [0.1, 0.15) is 18.2 Å². The number of halogens is 1. The van der Waals surface area contributed by atoms with E-state index >= 15 is 0 Å². The molecule has 0 radical (unpaired) electrons. The summed E-state index contributed by atoms with van der Waals surface area (Å²) in [5.41, 5.74) is 0. The van der Waals surface area contributed by atoms with Gasteiger partial charge in [0.05, 0.1) is 3.79 Å². The summed E-state index contributed by atoms with van der Waals surface area (Å²) < 4.78 is 1.06. The minimum atomic E-state index is -1.05. The third-order valence-corrected chi connectivity index (χ3v) is 4.39. The van der Waals surface area contributed by atoms with Crippen LogP contribution in [0.3, 0.4) is 0 Å². The SMILES string of the molecule is CCC(C(=O)O)C(=O)N(C)CCc1ccc(Br)s1. The van der Waals surface area contributed by atoms with Crippen LogP contribution in [0.4, 0.5) is 0 Å². The van der Waals surface area contributed by atoms with Crippen molar-refractivity contribution in [2.45, 2.75) is 19.8 Å². The Morgan fingerprint density at radius 3 is 2.61 bits per heavy atom. The number of thiophene rings is 1. The van der Waals surface area contributed by atoms with Gasteiger partial charge in [-0.2, -0.15) is 0 Å². The van der Waals surface area contributed by atoms with Crippen molar-refractivity contribution in [3.05, 3.63) is 20.8 Å². The zero-order chi connectivity index (χ0) is 13.7. The highest BCUT2D eigenvalue weighted by molar-refractivity contribution is 9.11. The molecule has 0 aliphatic rings. The Morgan fingerprint density at radius 1 is 1.50 bits per heavy atom. The fourth-order valence-corrected chi connectivity index (χ4v) is 3.07. The normalized spacial score (nSPS) is 12.2. The molecule has 1 heterocycles. The average Bonchev–Trinajstić information content (AvgIpc) is 2.72. The van der Waals surface area contributed by atoms with E-state index in [0.29, 0.717) is 13.0 Å². The maximum absolute atomic E-state index is 11.9. The molecule has 1 rings (SSSR count). The van der Waals surface area contributed by atoms with Crippen molar-refractivity contribution in [2.24, 2.45) is 5.92 Å². The van der Waals surface area contributed by atoms with Gasteiger partial charge in [-0.05, 0) is 40.9 Å². The molecule has 1 aromatic heterocycles. The molecule has 0 spiro atoms. The maximum Gasteiger partial charge on any atom is 0.316 e. The molecule has 1 unspecified atom stereocenters. The number of carboxylic acids is 1. The summed E-state index contributed by atoms with van der Waals surface area (Å²) in [6, 6.07) is 3.97. The molecule has 0 saturated heterocycles. The van der Waals surface area contributed by atoms with Gasteiger partial charge < -0.3 is 10.0 Å². The standard InChI is InChI=1S/C12H16BrNO3S/c1-3-9(12(16)17)11(15)14(2)7-6-8-4-5-10(13)18-8/h4-5,9H,3,6-7H2,1-2H3,(H,16,17). The van der Waals surface area contributed by atoms with Crippen LogP contribution >= 0.6 is 27.3 Å². The fraction of sp³-hybridized carbons (Fsp3) is 0.500. The van der Waals surface area contributed by atoms with E-state index in [1.807, 2.05) is 12.1 Å². The number of rotatable bonds is 6. The van der Waals surface area contributed by atoms with Gasteiger partial charge in [-0.3, -0.25) is 9.59 Å². The Bertz CT molecular complexity index is 433. The Labute approximate surface area is 119 Å². The highest BCUT2D eigenvalue weighted by Crippen LogP contribution is 2.22. The van der Waals surface area contributed by atoms with Crippen molar-refractivity contribution in [3.8, 4) is 0 Å². The van der Waals surface area contributed by atoms with Crippen molar-refractivity contribution in [2.75, 3.05) is 13.6 Å². The van der Waals surface area contributed by atoms with Crippen LogP contribution in [-0.2, 0) is 16.0 Å². The van der Waals surface area contributed by atoms with Crippen molar-refractivity contribution >= 4 is 39.1 Å². The Kier molecular flexibility index (Phi) is 5.81. The van der Waals surface area contributed by atoms with E-state index < -0.39 is 11.9 Å². The number of carbonyl (C=O) groups excluding carboxylic acids is 1. The number of amides is 1. The van der Waals surface area contributed by atoms with Crippen molar-refractivity contribution in [3.63, 3.8) is 0 Å². The lowest BCUT2D eigenvalue weighted by atomic mass is 10.1. The van der Waals surface area contributed by atoms with Crippen LogP contribution in [0.2, 0.25) is 0 Å². The molecule has 100 valence electrons. The first-order valence-electron chi connectivity index (χ1n) is 5.67. The van der Waals surface area contributed by atoms with Crippen LogP contribution in [0.5, 0.6) is 0 Å². The van der Waals surface area contributed by atoms with Crippen LogP contribution in [0.25, 0.3) is 0 Å². The molecule has 0 aromatic carbocycles. The molecule has 6 heteroatoms. The number of carbonyl (C=O) groups is 2. The summed E-state index contributed by atoms with van der Waals surface area (Å²) in [6.45, 7) is 2.25. The zero-order valence-corrected chi connectivity index (χ0v) is 12.8. The molecule has 0 saturated carbocycles. The van der Waals surface area contributed by atoms with Gasteiger partial charge in [0.1, 0.15) is 5.92 Å². The number of nitrogens with zero attached hydrogens (tertiary/aromatic N) is 1. The highest BCUT2D eigenvalue weighted by Gasteiger charge is 2.26. The van der Waals surface area contributed by atoms with Crippen molar-refractivity contribution < 1.29 is 14.7 Å². The second-order valence-corrected chi connectivity index (χ2v) is 6.56. The molecular weight excluding hydrogens is 318 g/mol. The zero-order valence-electron chi connectivity index (χ0n) is 10.4. The van der Waals surface area contributed by atoms with E-state index in [-0.39, 0.29) is 5.91 Å². The molecule has 1 N–H and O–H groups in total. The molecule has 0 aliphatic heterocycles. The quantitative estimate of drug-likeness (QED) is 0.814. The van der Waals surface area contributed by atoms with Gasteiger partial charge in [0.15, 0.2) is 0 Å². The first-order chi connectivity index (χ1) is 8.45. The van der Waals surface area contributed by atoms with Crippen LogP contribution in [-0.4, -0.2) is 35.5 Å². The Hall–Kier alpha value is -0.880. The van der Waals surface area contributed by atoms with Gasteiger partial charge >= 0.3 is 5.97 Å². The molecule has 0 fully saturated rings. The van der Waals surface area contributed by atoms with Gasteiger partial charge in [0.2, 0.25) is 5.91 Å². The predicted molar refractivity (Wildman–Crippen MR) is 74.8 cm³/mol. The summed E-state index contributed by atoms with van der Waals surface area (Å²) in [7, 11) is 1.65. The lowest BCUT2D eigenvalue weighted by Crippen LogP contribution is -2.37. The Morgan fingerprint density at radius 2 is 2.17 bits per heavy atom. The van der Waals surface area contributed by atoms with Crippen molar-refractivity contribution in [1.29, 1.82) is 0 Å². The minimum Gasteiger partial charge on any atom is -0.481 e. The van der Waals surface area contributed by atoms with E-state index in [1.54, 1.807) is 25.3 Å². The second kappa shape index (κ2) is 6.89. The van der Waals surface area contributed by atoms with Gasteiger partial charge in [-0.1, -0.05) is 6.92 Å². The van der Waals surface area contributed by atoms with Crippen LogP contribution in [0.15, 0.2) is 15.9 Å². The molecule has 18 heavy (non-hydrogen) atoms. The smallest absolute Gasteiger partial charge is 0.316 e. The largest absolute Gasteiger partial charge is 0.481 e. The first-order valence-corrected chi connectivity index (χ1v) is 7.28. The van der Waals surface area contributed by atoms with Gasteiger partial charge in [-0.15, -0.1) is 11.3 Å². The summed E-state index contributed by atoms with van der Waals surface area (Å²) >= 11 is 5.01. The maximum atomic E-state index is 11.9. The van der Waals surface area contributed by atoms with E-state index in [9.17, 15) is 9.59 Å². The van der Waals surface area contributed by atoms with Crippen LogP contribution < -0.4 is 0 Å². The molecule has 1 aromatic rings. The lowest BCUT2D eigenvalue weighted by Gasteiger charge is -2.20. The molecule has 1 amide bonds. The number of hydrogen-bond acceptors (Lipinski definition) is 3. The summed E-state index contributed by atoms with van der Waals surface area (Å²) in [5.74, 6) is -2.29. The van der Waals surface area contributed by atoms with Gasteiger partial charge in [-0.25, -0.2) is 0 Å². The van der Waals surface area contributed by atoms with E-state index in [4.69, 9.17) is 5.11 Å². The van der Waals surface area contributed by atoms with Gasteiger partial charge in [0, 0.05) is 18.5 Å². The number of likely N-dealkylation sites (N-methyl/N-ethyl adjacent to an activating group) is 1. The van der Waals surface area contributed by atoms with Crippen molar-refractivity contribution in [1.82, 2.24) is 4.90 Å². The molecule has 0 bridgehead atoms.